The van der Waals surface area contributed by atoms with E-state index in [1.807, 2.05) is 26.0 Å². The first-order valence-corrected chi connectivity index (χ1v) is 7.61. The van der Waals surface area contributed by atoms with E-state index in [0.29, 0.717) is 17.2 Å². The summed E-state index contributed by atoms with van der Waals surface area (Å²) in [5.41, 5.74) is -0.903. The van der Waals surface area contributed by atoms with Crippen molar-refractivity contribution in [3.8, 4) is 11.5 Å². The number of carbonyl (C=O) groups excluding carboxylic acids is 2. The minimum atomic E-state index is -0.711. The van der Waals surface area contributed by atoms with Crippen LogP contribution in [0.15, 0.2) is 30.4 Å². The van der Waals surface area contributed by atoms with Crippen molar-refractivity contribution in [1.29, 1.82) is 0 Å². The van der Waals surface area contributed by atoms with Gasteiger partial charge >= 0.3 is 0 Å². The fraction of sp³-hybridized carbons (Fsp3) is 0.412. The summed E-state index contributed by atoms with van der Waals surface area (Å²) in [7, 11) is 0. The molecule has 4 heterocycles. The average molecular weight is 313 g/mol. The maximum Gasteiger partial charge on any atom is 0.241 e. The van der Waals surface area contributed by atoms with E-state index in [2.05, 4.69) is 0 Å². The van der Waals surface area contributed by atoms with Gasteiger partial charge in [-0.3, -0.25) is 9.59 Å². The van der Waals surface area contributed by atoms with Gasteiger partial charge in [-0.05, 0) is 26.0 Å². The van der Waals surface area contributed by atoms with Crippen molar-refractivity contribution in [3.63, 3.8) is 0 Å². The minimum Gasteiger partial charge on any atom is -0.454 e. The lowest BCUT2D eigenvalue weighted by atomic mass is 9.73. The van der Waals surface area contributed by atoms with Gasteiger partial charge in [-0.2, -0.15) is 0 Å². The third-order valence-electron chi connectivity index (χ3n) is 5.34. The van der Waals surface area contributed by atoms with Crippen molar-refractivity contribution in [1.82, 2.24) is 0 Å². The highest BCUT2D eigenvalue weighted by Gasteiger charge is 2.70. The number of nitrogens with zero attached hydrogens (tertiary/aromatic N) is 1. The normalized spacial score (nSPS) is 39.5. The Hall–Kier alpha value is -2.34. The summed E-state index contributed by atoms with van der Waals surface area (Å²) in [4.78, 5) is 27.2. The van der Waals surface area contributed by atoms with Crippen LogP contribution in [0.25, 0.3) is 0 Å². The van der Waals surface area contributed by atoms with Crippen LogP contribution in [0.4, 0.5) is 5.69 Å². The third-order valence-corrected chi connectivity index (χ3v) is 5.34. The quantitative estimate of drug-likeness (QED) is 0.582. The maximum atomic E-state index is 13.0. The molecule has 118 valence electrons. The van der Waals surface area contributed by atoms with Gasteiger partial charge in [0.2, 0.25) is 18.6 Å². The molecule has 1 aromatic rings. The Morgan fingerprint density at radius 2 is 1.61 bits per heavy atom. The molecule has 6 nitrogen and oxygen atoms in total. The molecule has 0 aliphatic carbocycles. The Balaban J connectivity index is 1.60. The summed E-state index contributed by atoms with van der Waals surface area (Å²) in [5, 5.41) is 0. The maximum absolute atomic E-state index is 13.0. The second-order valence-electron chi connectivity index (χ2n) is 6.81. The second kappa shape index (κ2) is 3.76. The first-order chi connectivity index (χ1) is 10.9. The summed E-state index contributed by atoms with van der Waals surface area (Å²) < 4.78 is 16.6. The fourth-order valence-corrected chi connectivity index (χ4v) is 4.31. The monoisotopic (exact) mass is 313 g/mol. The van der Waals surface area contributed by atoms with Crippen LogP contribution in [0.1, 0.15) is 13.8 Å². The number of hydrogen-bond donors (Lipinski definition) is 0. The number of carbonyl (C=O) groups is 2. The van der Waals surface area contributed by atoms with Crippen LogP contribution in [-0.4, -0.2) is 29.8 Å². The zero-order valence-corrected chi connectivity index (χ0v) is 12.7. The van der Waals surface area contributed by atoms with E-state index < -0.39 is 23.0 Å². The standard InChI is InChI=1S/C17H15NO5/c1-16-5-6-17(2,23-16)13-12(16)14(19)18(15(13)20)9-3-4-10-11(7-9)22-8-21-10/h3-7,12-13H,8H2,1-2H3/t12-,13-,16+,17+/m1/s1. The summed E-state index contributed by atoms with van der Waals surface area (Å²) in [6.07, 6.45) is 3.81. The molecule has 0 aromatic heterocycles. The molecule has 5 rings (SSSR count). The zero-order valence-electron chi connectivity index (χ0n) is 12.7. The first-order valence-electron chi connectivity index (χ1n) is 7.61. The van der Waals surface area contributed by atoms with Gasteiger partial charge in [0.15, 0.2) is 11.5 Å². The van der Waals surface area contributed by atoms with Crippen molar-refractivity contribution in [3.05, 3.63) is 30.4 Å². The van der Waals surface area contributed by atoms with E-state index in [9.17, 15) is 9.59 Å². The van der Waals surface area contributed by atoms with E-state index in [1.54, 1.807) is 18.2 Å². The van der Waals surface area contributed by atoms with Crippen LogP contribution in [0.2, 0.25) is 0 Å². The molecular formula is C17H15NO5. The SMILES string of the molecule is C[C@@]12C=C[C@](C)(O1)[C@H]1C(=O)N(c3ccc4c(c3)OCO4)C(=O)[C@@H]12. The summed E-state index contributed by atoms with van der Waals surface area (Å²) >= 11 is 0. The molecule has 0 radical (unpaired) electrons. The van der Waals surface area contributed by atoms with Crippen LogP contribution in [-0.2, 0) is 14.3 Å². The number of anilines is 1. The van der Waals surface area contributed by atoms with Crippen molar-refractivity contribution in [2.24, 2.45) is 11.8 Å². The molecule has 23 heavy (non-hydrogen) atoms. The molecule has 4 aliphatic rings. The molecule has 0 saturated carbocycles. The highest BCUT2D eigenvalue weighted by molar-refractivity contribution is 6.23. The van der Waals surface area contributed by atoms with Crippen molar-refractivity contribution >= 4 is 17.5 Å². The molecule has 2 fully saturated rings. The van der Waals surface area contributed by atoms with Crippen LogP contribution >= 0.6 is 0 Å². The second-order valence-corrected chi connectivity index (χ2v) is 6.81. The Labute approximate surface area is 132 Å². The van der Waals surface area contributed by atoms with Gasteiger partial charge in [-0.1, -0.05) is 12.2 Å². The van der Waals surface area contributed by atoms with Gasteiger partial charge in [0.05, 0.1) is 28.7 Å². The number of benzene rings is 1. The molecule has 0 unspecified atom stereocenters. The van der Waals surface area contributed by atoms with Crippen LogP contribution in [0.3, 0.4) is 0 Å². The van der Waals surface area contributed by atoms with E-state index in [0.717, 1.165) is 0 Å². The predicted molar refractivity (Wildman–Crippen MR) is 79.1 cm³/mol. The zero-order chi connectivity index (χ0) is 16.0. The third kappa shape index (κ3) is 1.42. The first kappa shape index (κ1) is 13.1. The Bertz CT molecular complexity index is 766. The van der Waals surface area contributed by atoms with Crippen LogP contribution in [0, 0.1) is 11.8 Å². The van der Waals surface area contributed by atoms with Gasteiger partial charge in [-0.15, -0.1) is 0 Å². The molecule has 0 N–H and O–H groups in total. The Morgan fingerprint density at radius 1 is 1.00 bits per heavy atom. The number of fused-ring (bicyclic) bond motifs is 6. The number of rotatable bonds is 1. The Morgan fingerprint density at radius 3 is 2.26 bits per heavy atom. The minimum absolute atomic E-state index is 0.153. The van der Waals surface area contributed by atoms with Gasteiger partial charge in [0, 0.05) is 6.07 Å². The highest BCUT2D eigenvalue weighted by atomic mass is 16.7. The lowest BCUT2D eigenvalue weighted by molar-refractivity contribution is -0.128. The number of amides is 2. The van der Waals surface area contributed by atoms with Gasteiger partial charge < -0.3 is 14.2 Å². The van der Waals surface area contributed by atoms with Crippen LogP contribution in [0.5, 0.6) is 11.5 Å². The van der Waals surface area contributed by atoms with Crippen molar-refractivity contribution < 1.29 is 23.8 Å². The molecule has 2 saturated heterocycles. The lowest BCUT2D eigenvalue weighted by Gasteiger charge is -2.25. The number of hydrogen-bond acceptors (Lipinski definition) is 5. The van der Waals surface area contributed by atoms with E-state index in [-0.39, 0.29) is 18.6 Å². The predicted octanol–water partition coefficient (Wildman–Crippen LogP) is 1.64. The van der Waals surface area contributed by atoms with Crippen LogP contribution < -0.4 is 14.4 Å². The van der Waals surface area contributed by atoms with E-state index in [1.165, 1.54) is 4.90 Å². The summed E-state index contributed by atoms with van der Waals surface area (Å²) in [5.74, 6) is -0.207. The molecule has 4 aliphatic heterocycles. The number of ether oxygens (including phenoxy) is 3. The smallest absolute Gasteiger partial charge is 0.241 e. The van der Waals surface area contributed by atoms with Crippen molar-refractivity contribution in [2.75, 3.05) is 11.7 Å². The van der Waals surface area contributed by atoms with E-state index >= 15 is 0 Å². The van der Waals surface area contributed by atoms with E-state index in [4.69, 9.17) is 14.2 Å². The van der Waals surface area contributed by atoms with Gasteiger partial charge in [0.25, 0.3) is 0 Å². The van der Waals surface area contributed by atoms with Crippen molar-refractivity contribution in [2.45, 2.75) is 25.0 Å². The van der Waals surface area contributed by atoms with Gasteiger partial charge in [-0.25, -0.2) is 4.90 Å². The lowest BCUT2D eigenvalue weighted by Crippen LogP contribution is -2.39. The summed E-state index contributed by atoms with van der Waals surface area (Å²) in [6, 6.07) is 5.12. The highest BCUT2D eigenvalue weighted by Crippen LogP contribution is 2.57. The molecule has 2 amide bonds. The largest absolute Gasteiger partial charge is 0.454 e. The number of imide groups is 1. The molecule has 0 spiro atoms. The van der Waals surface area contributed by atoms with Gasteiger partial charge in [0.1, 0.15) is 0 Å². The molecule has 4 atom stereocenters. The molecular weight excluding hydrogens is 298 g/mol. The molecule has 6 heteroatoms. The summed E-state index contributed by atoms with van der Waals surface area (Å²) in [6.45, 7) is 3.89. The Kier molecular flexibility index (Phi) is 2.15. The molecule has 2 bridgehead atoms. The average Bonchev–Trinajstić information content (AvgIpc) is 3.19. The fourth-order valence-electron chi connectivity index (χ4n) is 4.31. The topological polar surface area (TPSA) is 65.1 Å². The molecule has 1 aromatic carbocycles.